The van der Waals surface area contributed by atoms with Gasteiger partial charge in [-0.25, -0.2) is 23.1 Å². The highest BCUT2D eigenvalue weighted by molar-refractivity contribution is 7.89. The van der Waals surface area contributed by atoms with Crippen LogP contribution in [0.15, 0.2) is 41.3 Å². The van der Waals surface area contributed by atoms with Gasteiger partial charge in [-0.1, -0.05) is 17.7 Å². The van der Waals surface area contributed by atoms with E-state index >= 15 is 0 Å². The van der Waals surface area contributed by atoms with Gasteiger partial charge in [-0.15, -0.1) is 0 Å². The van der Waals surface area contributed by atoms with Crippen molar-refractivity contribution < 1.29 is 13.2 Å². The van der Waals surface area contributed by atoms with E-state index in [9.17, 15) is 18.0 Å². The molecule has 47 heavy (non-hydrogen) atoms. The highest BCUT2D eigenvalue weighted by Crippen LogP contribution is 2.42. The second-order valence-corrected chi connectivity index (χ2v) is 15.1. The Morgan fingerprint density at radius 3 is 2.28 bits per heavy atom. The maximum atomic E-state index is 13.8. The molecule has 2 saturated heterocycles. The van der Waals surface area contributed by atoms with E-state index in [0.29, 0.717) is 16.9 Å². The predicted molar refractivity (Wildman–Crippen MR) is 184 cm³/mol. The molecule has 4 aromatic rings. The molecule has 6 rings (SSSR count). The lowest BCUT2D eigenvalue weighted by atomic mass is 9.71. The van der Waals surface area contributed by atoms with Gasteiger partial charge in [0.15, 0.2) is 11.5 Å². The molecule has 0 saturated carbocycles. The van der Waals surface area contributed by atoms with Gasteiger partial charge in [-0.2, -0.15) is 5.10 Å². The van der Waals surface area contributed by atoms with Crippen molar-refractivity contribution in [3.8, 4) is 0 Å². The van der Waals surface area contributed by atoms with E-state index in [1.54, 1.807) is 17.7 Å². The molecule has 0 bridgehead atoms. The number of fused-ring (bicyclic) bond motifs is 1. The standard InChI is InChI=1S/C32H40ClN9O4S/c1-20-18-22(21(2)34-24-6-7-25(33)35-28(24)29(43)38-47(5,45)46)27-23(19-20)30(44)40(4)31(36-27)42-16-11-32(12-17-42)9-14-41(15-10-32)26-8-13-39(3)37-26/h6-8,13,18-19,21,34H,9-12,14-17H2,1-5H3,(H,38,43)/t21-/m1/s1. The number of benzene rings is 1. The third kappa shape index (κ3) is 6.79. The quantitative estimate of drug-likeness (QED) is 0.276. The van der Waals surface area contributed by atoms with E-state index < -0.39 is 22.0 Å². The van der Waals surface area contributed by atoms with Crippen LogP contribution < -0.4 is 25.4 Å². The lowest BCUT2D eigenvalue weighted by Gasteiger charge is -2.47. The Balaban J connectivity index is 1.25. The number of aryl methyl sites for hydroxylation is 2. The molecule has 250 valence electrons. The first kappa shape index (κ1) is 32.8. The average molecular weight is 682 g/mol. The summed E-state index contributed by atoms with van der Waals surface area (Å²) in [6.07, 6.45) is 7.14. The van der Waals surface area contributed by atoms with Crippen molar-refractivity contribution in [3.63, 3.8) is 0 Å². The number of anilines is 3. The Bertz CT molecular complexity index is 2010. The van der Waals surface area contributed by atoms with Crippen molar-refractivity contribution in [1.82, 2.24) is 29.0 Å². The maximum Gasteiger partial charge on any atom is 0.285 e. The van der Waals surface area contributed by atoms with Gasteiger partial charge in [0.1, 0.15) is 5.15 Å². The third-order valence-corrected chi connectivity index (χ3v) is 10.2. The summed E-state index contributed by atoms with van der Waals surface area (Å²) in [5.74, 6) is 0.755. The smallest absolute Gasteiger partial charge is 0.285 e. The Hall–Kier alpha value is -4.17. The lowest BCUT2D eigenvalue weighted by molar-refractivity contribution is 0.0977. The zero-order valence-electron chi connectivity index (χ0n) is 27.2. The molecule has 3 aromatic heterocycles. The minimum absolute atomic E-state index is 0.0414. The second kappa shape index (κ2) is 12.5. The summed E-state index contributed by atoms with van der Waals surface area (Å²) in [6.45, 7) is 7.39. The molecule has 1 aromatic carbocycles. The summed E-state index contributed by atoms with van der Waals surface area (Å²) in [7, 11) is -0.115. The number of hydrogen-bond acceptors (Lipinski definition) is 10. The van der Waals surface area contributed by atoms with Gasteiger partial charge in [0.05, 0.1) is 28.9 Å². The van der Waals surface area contributed by atoms with Crippen molar-refractivity contribution in [2.75, 3.05) is 47.6 Å². The fraction of sp³-hybridized carbons (Fsp3) is 0.469. The number of rotatable bonds is 7. The molecule has 2 fully saturated rings. The summed E-state index contributed by atoms with van der Waals surface area (Å²) >= 11 is 6.06. The first-order chi connectivity index (χ1) is 22.2. The van der Waals surface area contributed by atoms with E-state index in [1.807, 2.05) is 48.6 Å². The average Bonchev–Trinajstić information content (AvgIpc) is 3.45. The van der Waals surface area contributed by atoms with E-state index in [1.165, 1.54) is 6.07 Å². The normalized spacial score (nSPS) is 17.2. The van der Waals surface area contributed by atoms with Gasteiger partial charge < -0.3 is 15.1 Å². The largest absolute Gasteiger partial charge is 0.377 e. The number of pyridine rings is 1. The summed E-state index contributed by atoms with van der Waals surface area (Å²) < 4.78 is 28.9. The van der Waals surface area contributed by atoms with E-state index in [-0.39, 0.29) is 27.5 Å². The number of piperidine rings is 2. The van der Waals surface area contributed by atoms with Crippen LogP contribution in [0.5, 0.6) is 0 Å². The van der Waals surface area contributed by atoms with Crippen LogP contribution in [0.3, 0.4) is 0 Å². The molecule has 2 aliphatic rings. The molecule has 13 nitrogen and oxygen atoms in total. The number of sulfonamides is 1. The van der Waals surface area contributed by atoms with Crippen LogP contribution in [0.25, 0.3) is 10.9 Å². The van der Waals surface area contributed by atoms with Crippen molar-refractivity contribution in [3.05, 3.63) is 68.9 Å². The summed E-state index contributed by atoms with van der Waals surface area (Å²) in [5, 5.41) is 8.40. The minimum atomic E-state index is -3.83. The number of carbonyl (C=O) groups is 1. The van der Waals surface area contributed by atoms with Crippen LogP contribution in [0.2, 0.25) is 5.15 Å². The SMILES string of the molecule is Cc1cc([C@@H](C)Nc2ccc(Cl)nc2C(=O)NS(C)(=O)=O)c2nc(N3CCC4(CCN(c5ccn(C)n5)CC4)CC3)n(C)c(=O)c2c1. The third-order valence-electron chi connectivity index (χ3n) is 9.48. The van der Waals surface area contributed by atoms with Gasteiger partial charge in [0, 0.05) is 58.1 Å². The number of amides is 1. The fourth-order valence-electron chi connectivity index (χ4n) is 6.87. The number of aromatic nitrogens is 5. The molecule has 15 heteroatoms. The zero-order chi connectivity index (χ0) is 33.7. The molecular weight excluding hydrogens is 642 g/mol. The molecule has 5 heterocycles. The van der Waals surface area contributed by atoms with Crippen molar-refractivity contribution >= 4 is 55.9 Å². The molecule has 0 radical (unpaired) electrons. The highest BCUT2D eigenvalue weighted by Gasteiger charge is 2.39. The number of carbonyl (C=O) groups excluding carboxylic acids is 1. The Kier molecular flexibility index (Phi) is 8.68. The van der Waals surface area contributed by atoms with Crippen LogP contribution in [-0.4, -0.2) is 71.1 Å². The molecule has 2 N–H and O–H groups in total. The number of halogens is 1. The molecule has 1 spiro atoms. The van der Waals surface area contributed by atoms with Gasteiger partial charge in [-0.05, 0) is 68.7 Å². The van der Waals surface area contributed by atoms with E-state index in [4.69, 9.17) is 16.6 Å². The molecule has 2 aliphatic heterocycles. The predicted octanol–water partition coefficient (Wildman–Crippen LogP) is 3.77. The van der Waals surface area contributed by atoms with Crippen LogP contribution in [0.4, 0.5) is 17.5 Å². The molecule has 0 unspecified atom stereocenters. The zero-order valence-corrected chi connectivity index (χ0v) is 28.8. The maximum absolute atomic E-state index is 13.8. The molecule has 1 amide bonds. The monoisotopic (exact) mass is 681 g/mol. The van der Waals surface area contributed by atoms with Crippen molar-refractivity contribution in [1.29, 1.82) is 0 Å². The van der Waals surface area contributed by atoms with Crippen LogP contribution in [0.1, 0.15) is 60.3 Å². The van der Waals surface area contributed by atoms with Crippen molar-refractivity contribution in [2.45, 2.75) is 45.6 Å². The van der Waals surface area contributed by atoms with Gasteiger partial charge in [0.25, 0.3) is 11.5 Å². The summed E-state index contributed by atoms with van der Waals surface area (Å²) in [5.41, 5.74) is 2.48. The molecular formula is C32H40ClN9O4S. The molecule has 0 aliphatic carbocycles. The van der Waals surface area contributed by atoms with Gasteiger partial charge >= 0.3 is 0 Å². The lowest BCUT2D eigenvalue weighted by Crippen LogP contribution is -2.48. The minimum Gasteiger partial charge on any atom is -0.377 e. The van der Waals surface area contributed by atoms with E-state index in [0.717, 1.165) is 75.1 Å². The molecule has 1 atom stereocenters. The second-order valence-electron chi connectivity index (χ2n) is 12.9. The summed E-state index contributed by atoms with van der Waals surface area (Å²) in [4.78, 5) is 40.4. The fourth-order valence-corrected chi connectivity index (χ4v) is 7.45. The van der Waals surface area contributed by atoms with Crippen LogP contribution >= 0.6 is 11.6 Å². The highest BCUT2D eigenvalue weighted by atomic mass is 35.5. The van der Waals surface area contributed by atoms with Crippen LogP contribution in [0, 0.1) is 12.3 Å². The Labute approximate surface area is 279 Å². The first-order valence-corrected chi connectivity index (χ1v) is 17.9. The Morgan fingerprint density at radius 1 is 1.00 bits per heavy atom. The van der Waals surface area contributed by atoms with Crippen molar-refractivity contribution in [2.24, 2.45) is 19.5 Å². The van der Waals surface area contributed by atoms with Crippen LogP contribution in [-0.2, 0) is 24.1 Å². The van der Waals surface area contributed by atoms with Gasteiger partial charge in [-0.3, -0.25) is 18.8 Å². The van der Waals surface area contributed by atoms with E-state index in [2.05, 4.69) is 31.3 Å². The number of nitrogens with one attached hydrogen (secondary N) is 2. The van der Waals surface area contributed by atoms with Gasteiger partial charge in [0.2, 0.25) is 16.0 Å². The number of nitrogens with zero attached hydrogens (tertiary/aromatic N) is 7. The topological polar surface area (TPSA) is 147 Å². The first-order valence-electron chi connectivity index (χ1n) is 15.7. The number of hydrogen-bond donors (Lipinski definition) is 2. The Morgan fingerprint density at radius 2 is 1.66 bits per heavy atom. The summed E-state index contributed by atoms with van der Waals surface area (Å²) in [6, 6.07) is 8.53.